The summed E-state index contributed by atoms with van der Waals surface area (Å²) in [6.07, 6.45) is 1.46. The first-order chi connectivity index (χ1) is 9.58. The molecule has 0 bridgehead atoms. The van der Waals surface area contributed by atoms with Crippen LogP contribution in [0.15, 0.2) is 24.3 Å². The summed E-state index contributed by atoms with van der Waals surface area (Å²) in [7, 11) is 0. The maximum absolute atomic E-state index is 11.5. The molecule has 108 valence electrons. The van der Waals surface area contributed by atoms with Gasteiger partial charge in [0.1, 0.15) is 0 Å². The molecule has 0 aromatic heterocycles. The number of rotatable bonds is 7. The van der Waals surface area contributed by atoms with Crippen LogP contribution >= 0.6 is 0 Å². The molecule has 7 nitrogen and oxygen atoms in total. The van der Waals surface area contributed by atoms with Gasteiger partial charge in [-0.3, -0.25) is 14.9 Å². The number of ether oxygens (including phenoxy) is 1. The highest BCUT2D eigenvalue weighted by Gasteiger charge is 2.29. The average Bonchev–Trinajstić information content (AvgIpc) is 3.27. The average molecular weight is 280 g/mol. The van der Waals surface area contributed by atoms with Gasteiger partial charge in [-0.05, 0) is 24.8 Å². The van der Waals surface area contributed by atoms with Crippen LogP contribution in [-0.4, -0.2) is 35.2 Å². The van der Waals surface area contributed by atoms with E-state index in [1.54, 1.807) is 6.07 Å². The number of nitrogens with one attached hydrogen (secondary N) is 1. The zero-order valence-electron chi connectivity index (χ0n) is 10.8. The van der Waals surface area contributed by atoms with E-state index >= 15 is 0 Å². The van der Waals surface area contributed by atoms with Crippen LogP contribution in [0.4, 0.5) is 5.69 Å². The van der Waals surface area contributed by atoms with Crippen molar-refractivity contribution in [2.24, 2.45) is 5.92 Å². The van der Waals surface area contributed by atoms with Crippen LogP contribution in [0.25, 0.3) is 0 Å². The molecule has 1 aliphatic rings. The molecule has 0 heterocycles. The summed E-state index contributed by atoms with van der Waals surface area (Å²) in [5, 5.41) is 22.9. The topological polar surface area (TPSA) is 102 Å². The molecule has 1 amide bonds. The van der Waals surface area contributed by atoms with Crippen molar-refractivity contribution in [1.29, 1.82) is 0 Å². The second-order valence-electron chi connectivity index (χ2n) is 4.72. The van der Waals surface area contributed by atoms with Crippen molar-refractivity contribution in [3.8, 4) is 5.75 Å². The fourth-order valence-corrected chi connectivity index (χ4v) is 1.79. The molecule has 0 aliphatic heterocycles. The lowest BCUT2D eigenvalue weighted by molar-refractivity contribution is -0.385. The minimum absolute atomic E-state index is 0.0513. The number of para-hydroxylation sites is 2. The molecule has 1 unspecified atom stereocenters. The normalized spacial score (nSPS) is 15.4. The SMILES string of the molecule is O=C(COc1ccccc1[N+](=O)[O-])NCC(O)C1CC1. The monoisotopic (exact) mass is 280 g/mol. The summed E-state index contributed by atoms with van der Waals surface area (Å²) in [6, 6.07) is 5.86. The first-order valence-electron chi connectivity index (χ1n) is 6.39. The maximum atomic E-state index is 11.5. The number of hydrogen-bond donors (Lipinski definition) is 2. The number of carbonyl (C=O) groups is 1. The Morgan fingerprint density at radius 3 is 2.85 bits per heavy atom. The van der Waals surface area contributed by atoms with E-state index in [-0.39, 0.29) is 30.5 Å². The molecule has 1 aromatic carbocycles. The van der Waals surface area contributed by atoms with E-state index in [4.69, 9.17) is 4.74 Å². The van der Waals surface area contributed by atoms with Gasteiger partial charge in [0.2, 0.25) is 0 Å². The van der Waals surface area contributed by atoms with Gasteiger partial charge < -0.3 is 15.2 Å². The highest BCUT2D eigenvalue weighted by molar-refractivity contribution is 5.77. The Kier molecular flexibility index (Phi) is 4.52. The highest BCUT2D eigenvalue weighted by Crippen LogP contribution is 2.32. The molecular formula is C13H16N2O5. The van der Waals surface area contributed by atoms with Gasteiger partial charge in [-0.25, -0.2) is 0 Å². The van der Waals surface area contributed by atoms with Crippen molar-refractivity contribution in [1.82, 2.24) is 5.32 Å². The smallest absolute Gasteiger partial charge is 0.310 e. The molecule has 1 aromatic rings. The molecule has 0 saturated heterocycles. The number of nitrogens with zero attached hydrogens (tertiary/aromatic N) is 1. The summed E-state index contributed by atoms with van der Waals surface area (Å²) >= 11 is 0. The Morgan fingerprint density at radius 1 is 1.50 bits per heavy atom. The Labute approximate surface area is 115 Å². The molecule has 20 heavy (non-hydrogen) atoms. The van der Waals surface area contributed by atoms with Gasteiger partial charge in [0.25, 0.3) is 5.91 Å². The minimum Gasteiger partial charge on any atom is -0.477 e. The molecule has 1 aliphatic carbocycles. The number of aliphatic hydroxyl groups excluding tert-OH is 1. The molecule has 0 spiro atoms. The van der Waals surface area contributed by atoms with Crippen molar-refractivity contribution in [3.05, 3.63) is 34.4 Å². The number of aliphatic hydroxyl groups is 1. The minimum atomic E-state index is -0.565. The summed E-state index contributed by atoms with van der Waals surface area (Å²) < 4.78 is 5.13. The fraction of sp³-hybridized carbons (Fsp3) is 0.462. The van der Waals surface area contributed by atoms with Gasteiger partial charge in [-0.2, -0.15) is 0 Å². The number of hydrogen-bond acceptors (Lipinski definition) is 5. The lowest BCUT2D eigenvalue weighted by atomic mass is 10.2. The van der Waals surface area contributed by atoms with Crippen LogP contribution in [0.3, 0.4) is 0 Å². The largest absolute Gasteiger partial charge is 0.477 e. The van der Waals surface area contributed by atoms with Gasteiger partial charge in [-0.15, -0.1) is 0 Å². The van der Waals surface area contributed by atoms with Gasteiger partial charge in [0.05, 0.1) is 11.0 Å². The first-order valence-corrected chi connectivity index (χ1v) is 6.39. The van der Waals surface area contributed by atoms with Crippen molar-refractivity contribution in [3.63, 3.8) is 0 Å². The molecular weight excluding hydrogens is 264 g/mol. The van der Waals surface area contributed by atoms with E-state index in [2.05, 4.69) is 5.32 Å². The van der Waals surface area contributed by atoms with Crippen molar-refractivity contribution >= 4 is 11.6 Å². The number of carbonyl (C=O) groups excluding carboxylic acids is 1. The van der Waals surface area contributed by atoms with E-state index in [1.807, 2.05) is 0 Å². The maximum Gasteiger partial charge on any atom is 0.310 e. The van der Waals surface area contributed by atoms with Gasteiger partial charge in [0, 0.05) is 12.6 Å². The zero-order valence-corrected chi connectivity index (χ0v) is 10.8. The van der Waals surface area contributed by atoms with Crippen LogP contribution in [0.2, 0.25) is 0 Å². The van der Waals surface area contributed by atoms with Gasteiger partial charge >= 0.3 is 5.69 Å². The predicted molar refractivity (Wildman–Crippen MR) is 70.3 cm³/mol. The summed E-state index contributed by atoms with van der Waals surface area (Å²) in [4.78, 5) is 21.7. The van der Waals surface area contributed by atoms with Crippen LogP contribution in [0, 0.1) is 16.0 Å². The van der Waals surface area contributed by atoms with E-state index < -0.39 is 16.9 Å². The zero-order chi connectivity index (χ0) is 14.5. The van der Waals surface area contributed by atoms with Crippen molar-refractivity contribution in [2.45, 2.75) is 18.9 Å². The number of amides is 1. The Morgan fingerprint density at radius 2 is 2.20 bits per heavy atom. The Balaban J connectivity index is 1.79. The molecule has 2 N–H and O–H groups in total. The quantitative estimate of drug-likeness (QED) is 0.569. The molecule has 1 fully saturated rings. The van der Waals surface area contributed by atoms with Crippen LogP contribution in [-0.2, 0) is 4.79 Å². The number of nitro groups is 1. The molecule has 1 saturated carbocycles. The van der Waals surface area contributed by atoms with E-state index in [0.717, 1.165) is 12.8 Å². The Bertz CT molecular complexity index is 501. The van der Waals surface area contributed by atoms with Crippen LogP contribution < -0.4 is 10.1 Å². The Hall–Kier alpha value is -2.15. The third-order valence-corrected chi connectivity index (χ3v) is 3.10. The predicted octanol–water partition coefficient (Wildman–Crippen LogP) is 0.861. The summed E-state index contributed by atoms with van der Waals surface area (Å²) in [5.41, 5.74) is -0.182. The van der Waals surface area contributed by atoms with Gasteiger partial charge in [0.15, 0.2) is 12.4 Å². The number of benzene rings is 1. The highest BCUT2D eigenvalue weighted by atomic mass is 16.6. The fourth-order valence-electron chi connectivity index (χ4n) is 1.79. The third kappa shape index (κ3) is 3.92. The second kappa shape index (κ2) is 6.33. The van der Waals surface area contributed by atoms with Crippen molar-refractivity contribution < 1.29 is 19.6 Å². The standard InChI is InChI=1S/C13H16N2O5/c16-11(9-5-6-9)7-14-13(17)8-20-12-4-2-1-3-10(12)15(18)19/h1-4,9,11,16H,5-8H2,(H,14,17). The number of nitro benzene ring substituents is 1. The molecule has 2 rings (SSSR count). The van der Waals surface area contributed by atoms with E-state index in [9.17, 15) is 20.0 Å². The molecule has 7 heteroatoms. The lowest BCUT2D eigenvalue weighted by Gasteiger charge is -2.11. The molecule has 1 atom stereocenters. The lowest BCUT2D eigenvalue weighted by Crippen LogP contribution is -2.36. The summed E-state index contributed by atoms with van der Waals surface area (Å²) in [6.45, 7) is -0.133. The summed E-state index contributed by atoms with van der Waals surface area (Å²) in [5.74, 6) is -0.0790. The van der Waals surface area contributed by atoms with Crippen molar-refractivity contribution in [2.75, 3.05) is 13.2 Å². The van der Waals surface area contributed by atoms with Gasteiger partial charge in [-0.1, -0.05) is 12.1 Å². The van der Waals surface area contributed by atoms with E-state index in [1.165, 1.54) is 18.2 Å². The van der Waals surface area contributed by atoms with Crippen LogP contribution in [0.5, 0.6) is 5.75 Å². The van der Waals surface area contributed by atoms with Crippen LogP contribution in [0.1, 0.15) is 12.8 Å². The molecule has 0 radical (unpaired) electrons. The third-order valence-electron chi connectivity index (χ3n) is 3.10. The van der Waals surface area contributed by atoms with E-state index in [0.29, 0.717) is 0 Å². The first kappa shape index (κ1) is 14.3. The second-order valence-corrected chi connectivity index (χ2v) is 4.72.